The Labute approximate surface area is 119 Å². The lowest BCUT2D eigenvalue weighted by Gasteiger charge is -2.11. The number of nitrogens with two attached hydrogens (primary N) is 1. The van der Waals surface area contributed by atoms with Gasteiger partial charge in [-0.15, -0.1) is 0 Å². The van der Waals surface area contributed by atoms with Gasteiger partial charge in [-0.1, -0.05) is 6.07 Å². The predicted octanol–water partition coefficient (Wildman–Crippen LogP) is 2.10. The molecular weight excluding hydrogens is 256 g/mol. The molecule has 0 aromatic heterocycles. The Kier molecular flexibility index (Phi) is 5.38. The summed E-state index contributed by atoms with van der Waals surface area (Å²) in [4.78, 5) is 11.8. The topological polar surface area (TPSA) is 73.6 Å². The molecule has 1 fully saturated rings. The highest BCUT2D eigenvalue weighted by Crippen LogP contribution is 2.18. The third-order valence-electron chi connectivity index (χ3n) is 3.34. The van der Waals surface area contributed by atoms with Crippen LogP contribution >= 0.6 is 0 Å². The van der Waals surface area contributed by atoms with Crippen LogP contribution in [0.5, 0.6) is 0 Å². The van der Waals surface area contributed by atoms with E-state index in [0.29, 0.717) is 25.3 Å². The second-order valence-corrected chi connectivity index (χ2v) is 5.08. The maximum absolute atomic E-state index is 11.8. The largest absolute Gasteiger partial charge is 0.399 e. The molecule has 1 aliphatic rings. The second-order valence-electron chi connectivity index (χ2n) is 5.08. The average molecular weight is 278 g/mol. The summed E-state index contributed by atoms with van der Waals surface area (Å²) in [5.41, 5.74) is 8.10. The molecule has 1 aliphatic heterocycles. The Bertz CT molecular complexity index is 456. The highest BCUT2D eigenvalue weighted by atomic mass is 16.5. The minimum absolute atomic E-state index is 0.0639. The van der Waals surface area contributed by atoms with Crippen LogP contribution in [-0.4, -0.2) is 31.8 Å². The summed E-state index contributed by atoms with van der Waals surface area (Å²) in [6.45, 7) is 3.74. The Balaban J connectivity index is 1.68. The van der Waals surface area contributed by atoms with E-state index in [0.717, 1.165) is 30.7 Å². The fourth-order valence-electron chi connectivity index (χ4n) is 2.14. The summed E-state index contributed by atoms with van der Waals surface area (Å²) < 4.78 is 10.9. The van der Waals surface area contributed by atoms with Crippen LogP contribution in [0.3, 0.4) is 0 Å². The summed E-state index contributed by atoms with van der Waals surface area (Å²) in [5, 5.41) is 2.85. The molecule has 110 valence electrons. The Morgan fingerprint density at radius 2 is 2.40 bits per heavy atom. The van der Waals surface area contributed by atoms with Gasteiger partial charge in [0.25, 0.3) is 0 Å². The first-order chi connectivity index (χ1) is 9.65. The lowest BCUT2D eigenvalue weighted by Crippen LogP contribution is -2.18. The maximum Gasteiger partial charge on any atom is 0.226 e. The average Bonchev–Trinajstić information content (AvgIpc) is 2.92. The highest BCUT2D eigenvalue weighted by molar-refractivity contribution is 5.92. The van der Waals surface area contributed by atoms with Crippen molar-refractivity contribution < 1.29 is 14.3 Å². The van der Waals surface area contributed by atoms with Gasteiger partial charge in [-0.2, -0.15) is 0 Å². The third-order valence-corrected chi connectivity index (χ3v) is 3.34. The fraction of sp³-hybridized carbons (Fsp3) is 0.533. The van der Waals surface area contributed by atoms with Crippen molar-refractivity contribution in [1.82, 2.24) is 0 Å². The molecule has 0 aliphatic carbocycles. The Morgan fingerprint density at radius 1 is 1.55 bits per heavy atom. The number of amides is 1. The van der Waals surface area contributed by atoms with E-state index in [4.69, 9.17) is 15.2 Å². The van der Waals surface area contributed by atoms with Gasteiger partial charge in [-0.05, 0) is 37.5 Å². The van der Waals surface area contributed by atoms with Gasteiger partial charge in [0.05, 0.1) is 25.7 Å². The molecule has 1 amide bonds. The predicted molar refractivity (Wildman–Crippen MR) is 78.6 cm³/mol. The number of ether oxygens (including phenoxy) is 2. The molecule has 3 N–H and O–H groups in total. The number of nitrogens with one attached hydrogen (secondary N) is 1. The fourth-order valence-corrected chi connectivity index (χ4v) is 2.14. The summed E-state index contributed by atoms with van der Waals surface area (Å²) >= 11 is 0. The van der Waals surface area contributed by atoms with Crippen LogP contribution in [0.4, 0.5) is 11.4 Å². The van der Waals surface area contributed by atoms with E-state index in [1.807, 2.05) is 19.1 Å². The zero-order valence-corrected chi connectivity index (χ0v) is 11.9. The molecule has 20 heavy (non-hydrogen) atoms. The van der Waals surface area contributed by atoms with Gasteiger partial charge >= 0.3 is 0 Å². The number of carbonyl (C=O) groups is 1. The number of aryl methyl sites for hydroxylation is 1. The van der Waals surface area contributed by atoms with Crippen molar-refractivity contribution in [2.75, 3.05) is 30.9 Å². The number of anilines is 2. The molecular formula is C15H22N2O3. The number of hydrogen-bond acceptors (Lipinski definition) is 4. The van der Waals surface area contributed by atoms with Crippen molar-refractivity contribution in [1.29, 1.82) is 0 Å². The van der Waals surface area contributed by atoms with Gasteiger partial charge in [0.2, 0.25) is 5.91 Å². The molecule has 2 rings (SSSR count). The van der Waals surface area contributed by atoms with Crippen LogP contribution in [0, 0.1) is 6.92 Å². The van der Waals surface area contributed by atoms with Crippen LogP contribution in [0.2, 0.25) is 0 Å². The third kappa shape index (κ3) is 4.51. The molecule has 0 saturated carbocycles. The van der Waals surface area contributed by atoms with E-state index in [2.05, 4.69) is 5.32 Å². The number of benzene rings is 1. The van der Waals surface area contributed by atoms with Crippen molar-refractivity contribution in [3.8, 4) is 0 Å². The normalized spacial score (nSPS) is 18.1. The zero-order valence-electron chi connectivity index (χ0n) is 11.9. The van der Waals surface area contributed by atoms with Crippen LogP contribution in [0.25, 0.3) is 0 Å². The van der Waals surface area contributed by atoms with Crippen molar-refractivity contribution in [2.45, 2.75) is 32.3 Å². The van der Waals surface area contributed by atoms with Gasteiger partial charge in [0.15, 0.2) is 0 Å². The molecule has 0 spiro atoms. The second kappa shape index (κ2) is 7.26. The molecule has 1 unspecified atom stereocenters. The van der Waals surface area contributed by atoms with Gasteiger partial charge < -0.3 is 20.5 Å². The van der Waals surface area contributed by atoms with Crippen LogP contribution in [0.1, 0.15) is 24.8 Å². The van der Waals surface area contributed by atoms with Crippen molar-refractivity contribution in [3.63, 3.8) is 0 Å². The number of nitrogen functional groups attached to an aromatic ring is 1. The van der Waals surface area contributed by atoms with E-state index >= 15 is 0 Å². The lowest BCUT2D eigenvalue weighted by atomic mass is 10.2. The summed E-state index contributed by atoms with van der Waals surface area (Å²) in [6, 6.07) is 5.47. The molecule has 1 aromatic carbocycles. The van der Waals surface area contributed by atoms with E-state index < -0.39 is 0 Å². The molecule has 1 saturated heterocycles. The van der Waals surface area contributed by atoms with Crippen molar-refractivity contribution in [2.24, 2.45) is 0 Å². The Morgan fingerprint density at radius 3 is 3.15 bits per heavy atom. The number of rotatable bonds is 6. The lowest BCUT2D eigenvalue weighted by molar-refractivity contribution is -0.117. The zero-order chi connectivity index (χ0) is 14.4. The molecule has 1 aromatic rings. The Hall–Kier alpha value is -1.59. The van der Waals surface area contributed by atoms with Crippen LogP contribution in [0.15, 0.2) is 18.2 Å². The summed E-state index contributed by atoms with van der Waals surface area (Å²) in [6.07, 6.45) is 2.69. The molecule has 5 heteroatoms. The number of carbonyl (C=O) groups excluding carboxylic acids is 1. The van der Waals surface area contributed by atoms with E-state index in [1.165, 1.54) is 0 Å². The van der Waals surface area contributed by atoms with Crippen molar-refractivity contribution >= 4 is 17.3 Å². The molecule has 1 heterocycles. The molecule has 0 bridgehead atoms. The summed E-state index contributed by atoms with van der Waals surface area (Å²) in [7, 11) is 0. The minimum atomic E-state index is -0.0639. The van der Waals surface area contributed by atoms with E-state index in [1.54, 1.807) is 6.07 Å². The quantitative estimate of drug-likeness (QED) is 0.617. The molecule has 0 radical (unpaired) electrons. The SMILES string of the molecule is Cc1ccc(N)cc1NC(=O)CCOCC1CCCO1. The highest BCUT2D eigenvalue weighted by Gasteiger charge is 2.15. The van der Waals surface area contributed by atoms with Gasteiger partial charge in [-0.3, -0.25) is 4.79 Å². The standard InChI is InChI=1S/C15H22N2O3/c1-11-4-5-12(16)9-14(11)17-15(18)6-8-19-10-13-3-2-7-20-13/h4-5,9,13H,2-3,6-8,10,16H2,1H3,(H,17,18). The molecule has 5 nitrogen and oxygen atoms in total. The first-order valence-corrected chi connectivity index (χ1v) is 7.00. The number of hydrogen-bond donors (Lipinski definition) is 2. The van der Waals surface area contributed by atoms with Crippen LogP contribution in [-0.2, 0) is 14.3 Å². The maximum atomic E-state index is 11.8. The van der Waals surface area contributed by atoms with E-state index in [-0.39, 0.29) is 12.0 Å². The first-order valence-electron chi connectivity index (χ1n) is 7.00. The molecule has 1 atom stereocenters. The smallest absolute Gasteiger partial charge is 0.226 e. The van der Waals surface area contributed by atoms with Gasteiger partial charge in [-0.25, -0.2) is 0 Å². The monoisotopic (exact) mass is 278 g/mol. The van der Waals surface area contributed by atoms with Gasteiger partial charge in [0.1, 0.15) is 0 Å². The van der Waals surface area contributed by atoms with Crippen molar-refractivity contribution in [3.05, 3.63) is 23.8 Å². The first kappa shape index (κ1) is 14.8. The van der Waals surface area contributed by atoms with Gasteiger partial charge in [0, 0.05) is 18.0 Å². The van der Waals surface area contributed by atoms with E-state index in [9.17, 15) is 4.79 Å². The minimum Gasteiger partial charge on any atom is -0.399 e. The summed E-state index contributed by atoms with van der Waals surface area (Å²) in [5.74, 6) is -0.0639. The van der Waals surface area contributed by atoms with Crippen LogP contribution < -0.4 is 11.1 Å².